The second-order valence-corrected chi connectivity index (χ2v) is 11.1. The predicted octanol–water partition coefficient (Wildman–Crippen LogP) is 7.76. The molecule has 0 aliphatic heterocycles. The zero-order valence-corrected chi connectivity index (χ0v) is 25.5. The molecule has 0 saturated carbocycles. The van der Waals surface area contributed by atoms with Crippen LogP contribution in [0.5, 0.6) is 5.75 Å². The van der Waals surface area contributed by atoms with Gasteiger partial charge in [0.15, 0.2) is 11.6 Å². The van der Waals surface area contributed by atoms with Gasteiger partial charge in [0.2, 0.25) is 0 Å². The van der Waals surface area contributed by atoms with Crippen molar-refractivity contribution < 1.29 is 4.74 Å². The molecule has 11 heteroatoms. The van der Waals surface area contributed by atoms with Crippen LogP contribution >= 0.6 is 0 Å². The summed E-state index contributed by atoms with van der Waals surface area (Å²) in [5.41, 5.74) is 12.2. The summed E-state index contributed by atoms with van der Waals surface area (Å²) < 4.78 is 6.23. The highest BCUT2D eigenvalue weighted by molar-refractivity contribution is 5.94. The van der Waals surface area contributed by atoms with Crippen molar-refractivity contribution in [1.29, 1.82) is 5.41 Å². The molecule has 0 saturated heterocycles. The number of hydrogen-bond donors (Lipinski definition) is 5. The van der Waals surface area contributed by atoms with E-state index in [9.17, 15) is 0 Å². The highest BCUT2D eigenvalue weighted by Crippen LogP contribution is 2.30. The lowest BCUT2D eigenvalue weighted by Gasteiger charge is -2.13. The smallest absolute Gasteiger partial charge is 0.168 e. The third-order valence-electron chi connectivity index (χ3n) is 7.92. The summed E-state index contributed by atoms with van der Waals surface area (Å²) in [6.45, 7) is 0.137. The van der Waals surface area contributed by atoms with E-state index in [0.717, 1.165) is 49.6 Å². The molecule has 0 unspecified atom stereocenters. The first-order valence-corrected chi connectivity index (χ1v) is 15.2. The average molecular weight is 629 g/mol. The number of nitrogens with one attached hydrogen (secondary N) is 4. The lowest BCUT2D eigenvalue weighted by molar-refractivity contribution is 0.296. The normalized spacial score (nSPS) is 11.2. The van der Waals surface area contributed by atoms with Crippen molar-refractivity contribution in [2.24, 2.45) is 0 Å². The number of para-hydroxylation sites is 2. The molecule has 0 aliphatic carbocycles. The van der Waals surface area contributed by atoms with E-state index in [1.165, 1.54) is 6.21 Å². The molecule has 6 N–H and O–H groups in total. The minimum atomic E-state index is 0.137. The molecule has 11 nitrogen and oxygen atoms in total. The maximum Gasteiger partial charge on any atom is 0.168 e. The van der Waals surface area contributed by atoms with Crippen LogP contribution in [-0.4, -0.2) is 36.3 Å². The molecule has 0 radical (unpaired) electrons. The van der Waals surface area contributed by atoms with E-state index in [4.69, 9.17) is 35.8 Å². The number of nitrogens with two attached hydrogens (primary N) is 1. The van der Waals surface area contributed by atoms with Crippen LogP contribution in [0.25, 0.3) is 44.1 Å². The van der Waals surface area contributed by atoms with Crippen molar-refractivity contribution in [1.82, 2.24) is 30.1 Å². The van der Waals surface area contributed by atoms with Crippen LogP contribution in [0.1, 0.15) is 11.4 Å². The fourth-order valence-corrected chi connectivity index (χ4v) is 5.53. The van der Waals surface area contributed by atoms with Crippen molar-refractivity contribution in [3.63, 3.8) is 0 Å². The summed E-state index contributed by atoms with van der Waals surface area (Å²) in [5, 5.41) is 24.4. The molecular formula is C37H28N10O. The molecule has 0 atom stereocenters. The van der Waals surface area contributed by atoms with Gasteiger partial charge in [0, 0.05) is 50.6 Å². The van der Waals surface area contributed by atoms with Gasteiger partial charge in [-0.3, -0.25) is 5.10 Å². The van der Waals surface area contributed by atoms with Crippen LogP contribution in [0.3, 0.4) is 0 Å². The maximum absolute atomic E-state index is 7.65. The van der Waals surface area contributed by atoms with Crippen molar-refractivity contribution >= 4 is 67.6 Å². The highest BCUT2D eigenvalue weighted by Gasteiger charge is 2.13. The first-order valence-electron chi connectivity index (χ1n) is 15.2. The molecule has 3 heterocycles. The SMILES string of the molecule is N=Cc1cc(Nc2nc(COc3cccc(-c4nc(Nc5ccc6[nH]ncc6c5)c5ccccc5n4)c3)nc3ccccc23)ccc1N. The number of ether oxygens (including phenoxy) is 1. The Hall–Kier alpha value is -6.88. The lowest BCUT2D eigenvalue weighted by Crippen LogP contribution is -2.06. The van der Waals surface area contributed by atoms with Gasteiger partial charge in [0.25, 0.3) is 0 Å². The van der Waals surface area contributed by atoms with Gasteiger partial charge in [-0.25, -0.2) is 19.9 Å². The Bertz CT molecular complexity index is 2470. The number of nitrogen functional groups attached to an aromatic ring is 1. The van der Waals surface area contributed by atoms with Gasteiger partial charge >= 0.3 is 0 Å². The molecular weight excluding hydrogens is 600 g/mol. The average Bonchev–Trinajstić information content (AvgIpc) is 3.60. The van der Waals surface area contributed by atoms with Crippen molar-refractivity contribution in [3.8, 4) is 17.1 Å². The number of benzene rings is 5. The monoisotopic (exact) mass is 628 g/mol. The predicted molar refractivity (Wildman–Crippen MR) is 190 cm³/mol. The summed E-state index contributed by atoms with van der Waals surface area (Å²) in [7, 11) is 0. The summed E-state index contributed by atoms with van der Waals surface area (Å²) >= 11 is 0. The first-order chi connectivity index (χ1) is 23.6. The Kier molecular flexibility index (Phi) is 7.23. The third-order valence-corrected chi connectivity index (χ3v) is 7.92. The number of anilines is 5. The Labute approximate surface area is 274 Å². The summed E-state index contributed by atoms with van der Waals surface area (Å²) in [6.07, 6.45) is 3.03. The summed E-state index contributed by atoms with van der Waals surface area (Å²) in [6, 6.07) is 34.8. The van der Waals surface area contributed by atoms with E-state index in [2.05, 4.69) is 20.8 Å². The Morgan fingerprint density at radius 3 is 2.27 bits per heavy atom. The molecule has 5 aromatic carbocycles. The molecule has 3 aromatic heterocycles. The van der Waals surface area contributed by atoms with E-state index in [1.807, 2.05) is 103 Å². The van der Waals surface area contributed by atoms with Gasteiger partial charge in [-0.15, -0.1) is 0 Å². The number of rotatable bonds is 9. The quantitative estimate of drug-likeness (QED) is 0.0794. The molecule has 0 bridgehead atoms. The van der Waals surface area contributed by atoms with Gasteiger partial charge in [-0.05, 0) is 72.8 Å². The van der Waals surface area contributed by atoms with Crippen LogP contribution in [0.15, 0.2) is 115 Å². The topological polar surface area (TPSA) is 163 Å². The minimum absolute atomic E-state index is 0.137. The zero-order valence-electron chi connectivity index (χ0n) is 25.5. The molecule has 8 rings (SSSR count). The molecule has 0 fully saturated rings. The molecule has 232 valence electrons. The van der Waals surface area contributed by atoms with Crippen LogP contribution in [0, 0.1) is 5.41 Å². The third kappa shape index (κ3) is 5.67. The van der Waals surface area contributed by atoms with Gasteiger partial charge < -0.3 is 26.5 Å². The zero-order chi connectivity index (χ0) is 32.5. The Morgan fingerprint density at radius 1 is 0.729 bits per heavy atom. The molecule has 0 aliphatic rings. The number of aromatic amines is 1. The van der Waals surface area contributed by atoms with Gasteiger partial charge in [-0.2, -0.15) is 5.10 Å². The standard InChI is InChI=1S/C37H28N10O/c38-19-23-16-25(12-14-30(23)39)41-36-28-8-1-3-10-32(28)43-34(45-36)21-48-27-7-5-6-22(18-27)35-44-33-11-4-2-9-29(33)37(46-35)42-26-13-15-31-24(17-26)20-40-47-31/h1-20,38H,21,39H2,(H,40,47)(H,41,43,45)(H,42,44,46). The molecule has 8 aromatic rings. The number of hydrogen-bond acceptors (Lipinski definition) is 10. The van der Waals surface area contributed by atoms with E-state index in [0.29, 0.717) is 40.3 Å². The second kappa shape index (κ2) is 12.1. The van der Waals surface area contributed by atoms with E-state index < -0.39 is 0 Å². The lowest BCUT2D eigenvalue weighted by atomic mass is 10.1. The number of aromatic nitrogens is 6. The number of fused-ring (bicyclic) bond motifs is 3. The van der Waals surface area contributed by atoms with Crippen LogP contribution in [0.4, 0.5) is 28.7 Å². The fourth-order valence-electron chi connectivity index (χ4n) is 5.53. The Balaban J connectivity index is 1.07. The van der Waals surface area contributed by atoms with Gasteiger partial charge in [-0.1, -0.05) is 36.4 Å². The van der Waals surface area contributed by atoms with E-state index in [-0.39, 0.29) is 6.61 Å². The first kappa shape index (κ1) is 28.6. The van der Waals surface area contributed by atoms with Crippen LogP contribution in [0.2, 0.25) is 0 Å². The van der Waals surface area contributed by atoms with Crippen LogP contribution < -0.4 is 21.1 Å². The van der Waals surface area contributed by atoms with E-state index in [1.54, 1.807) is 12.3 Å². The maximum atomic E-state index is 7.65. The summed E-state index contributed by atoms with van der Waals surface area (Å²) in [4.78, 5) is 19.4. The molecule has 48 heavy (non-hydrogen) atoms. The largest absolute Gasteiger partial charge is 0.486 e. The Morgan fingerprint density at radius 2 is 1.46 bits per heavy atom. The second-order valence-electron chi connectivity index (χ2n) is 11.1. The van der Waals surface area contributed by atoms with Gasteiger partial charge in [0.1, 0.15) is 24.0 Å². The summed E-state index contributed by atoms with van der Waals surface area (Å²) in [5.74, 6) is 3.03. The van der Waals surface area contributed by atoms with Gasteiger partial charge in [0.05, 0.1) is 22.7 Å². The fraction of sp³-hybridized carbons (Fsp3) is 0.0270. The minimum Gasteiger partial charge on any atom is -0.486 e. The molecule has 0 amide bonds. The molecule has 0 spiro atoms. The van der Waals surface area contributed by atoms with Crippen molar-refractivity contribution in [3.05, 3.63) is 127 Å². The number of H-pyrrole nitrogens is 1. The number of nitrogens with zero attached hydrogens (tertiary/aromatic N) is 5. The highest BCUT2D eigenvalue weighted by atomic mass is 16.5. The van der Waals surface area contributed by atoms with Crippen molar-refractivity contribution in [2.45, 2.75) is 6.61 Å². The van der Waals surface area contributed by atoms with Crippen LogP contribution in [-0.2, 0) is 6.61 Å². The van der Waals surface area contributed by atoms with E-state index >= 15 is 0 Å². The van der Waals surface area contributed by atoms with Crippen molar-refractivity contribution in [2.75, 3.05) is 16.4 Å².